The summed E-state index contributed by atoms with van der Waals surface area (Å²) in [5, 5.41) is 13.0. The molecule has 2 amide bonds. The summed E-state index contributed by atoms with van der Waals surface area (Å²) >= 11 is 37.3. The van der Waals surface area contributed by atoms with Crippen LogP contribution in [0.1, 0.15) is 34.7 Å². The number of nitrogens with one attached hydrogen (secondary N) is 1. The molecule has 0 spiro atoms. The van der Waals surface area contributed by atoms with E-state index in [-0.39, 0.29) is 25.7 Å². The summed E-state index contributed by atoms with van der Waals surface area (Å²) in [6.07, 6.45) is 1.21. The number of amides is 2. The van der Waals surface area contributed by atoms with Crippen molar-refractivity contribution in [1.29, 1.82) is 5.26 Å². The third kappa shape index (κ3) is 4.38. The monoisotopic (exact) mass is 563 g/mol. The number of hydrogen-bond acceptors (Lipinski definition) is 3. The molecule has 11 heteroatoms. The Hall–Kier alpha value is -1.39. The molecule has 0 bridgehead atoms. The van der Waals surface area contributed by atoms with Gasteiger partial charge in [-0.05, 0) is 48.7 Å². The van der Waals surface area contributed by atoms with Gasteiger partial charge >= 0.3 is 0 Å². The van der Waals surface area contributed by atoms with E-state index in [0.29, 0.717) is 24.1 Å². The lowest BCUT2D eigenvalue weighted by Gasteiger charge is -2.23. The molecule has 33 heavy (non-hydrogen) atoms. The molecule has 4 rings (SSSR count). The van der Waals surface area contributed by atoms with Crippen molar-refractivity contribution in [1.82, 2.24) is 4.90 Å². The summed E-state index contributed by atoms with van der Waals surface area (Å²) in [5.74, 6) is -2.20. The largest absolute Gasteiger partial charge is 0.326 e. The molecule has 0 unspecified atom stereocenters. The van der Waals surface area contributed by atoms with Crippen LogP contribution in [0.4, 0.5) is 5.69 Å². The van der Waals surface area contributed by atoms with Crippen molar-refractivity contribution in [2.75, 3.05) is 12.4 Å². The van der Waals surface area contributed by atoms with E-state index < -0.39 is 33.5 Å². The van der Waals surface area contributed by atoms with E-state index in [2.05, 4.69) is 11.4 Å². The number of carbonyl (C=O) groups excluding carboxylic acids is 2. The van der Waals surface area contributed by atoms with E-state index in [9.17, 15) is 14.9 Å². The number of nitriles is 1. The number of hydrogen-bond donors (Lipinski definition) is 1. The lowest BCUT2D eigenvalue weighted by molar-refractivity contribution is -0.117. The van der Waals surface area contributed by atoms with Crippen molar-refractivity contribution in [3.63, 3.8) is 0 Å². The standard InChI is InChI=1S/C22H15Cl6N3O2/c1-31(21(9-29)4-5-21)20(33)12-8-11(2-3-13(12)23)30-19(32)17-16(22(17,27)28)10-6-14(24)18(26)15(25)7-10/h2-3,6-8,16-17H,4-5H2,1H3,(H,30,32)/t16-,17+/m0/s1. The Morgan fingerprint density at radius 2 is 1.67 bits per heavy atom. The number of nitrogens with zero attached hydrogens (tertiary/aromatic N) is 2. The van der Waals surface area contributed by atoms with Crippen LogP contribution in [-0.2, 0) is 4.79 Å². The highest BCUT2D eigenvalue weighted by molar-refractivity contribution is 6.54. The molecule has 2 atom stereocenters. The Bertz CT molecular complexity index is 1200. The highest BCUT2D eigenvalue weighted by Gasteiger charge is 2.67. The molecule has 5 nitrogen and oxygen atoms in total. The van der Waals surface area contributed by atoms with Crippen LogP contribution in [0.3, 0.4) is 0 Å². The summed E-state index contributed by atoms with van der Waals surface area (Å²) in [6, 6.07) is 9.84. The summed E-state index contributed by atoms with van der Waals surface area (Å²) in [4.78, 5) is 27.3. The van der Waals surface area contributed by atoms with E-state index >= 15 is 0 Å². The third-order valence-corrected chi connectivity index (χ3v) is 8.51. The number of alkyl halides is 2. The second-order valence-electron chi connectivity index (χ2n) is 8.12. The Morgan fingerprint density at radius 3 is 2.21 bits per heavy atom. The molecule has 0 radical (unpaired) electrons. The van der Waals surface area contributed by atoms with Crippen molar-refractivity contribution < 1.29 is 9.59 Å². The normalized spacial score (nSPS) is 21.6. The zero-order valence-corrected chi connectivity index (χ0v) is 21.5. The lowest BCUT2D eigenvalue weighted by atomic mass is 10.1. The van der Waals surface area contributed by atoms with Crippen LogP contribution in [0.25, 0.3) is 0 Å². The van der Waals surface area contributed by atoms with Crippen molar-refractivity contribution in [2.45, 2.75) is 28.6 Å². The minimum Gasteiger partial charge on any atom is -0.326 e. The van der Waals surface area contributed by atoms with Gasteiger partial charge in [-0.15, -0.1) is 23.2 Å². The van der Waals surface area contributed by atoms with Crippen molar-refractivity contribution >= 4 is 87.1 Å². The zero-order chi connectivity index (χ0) is 24.3. The molecule has 2 aromatic rings. The Kier molecular flexibility index (Phi) is 6.50. The van der Waals surface area contributed by atoms with Crippen molar-refractivity contribution in [3.8, 4) is 6.07 Å². The minimum absolute atomic E-state index is 0.171. The van der Waals surface area contributed by atoms with Gasteiger partial charge in [0.05, 0.1) is 37.6 Å². The third-order valence-electron chi connectivity index (χ3n) is 6.04. The molecule has 172 valence electrons. The average molecular weight is 566 g/mol. The van der Waals surface area contributed by atoms with Crippen LogP contribution in [0.15, 0.2) is 30.3 Å². The molecule has 2 saturated carbocycles. The van der Waals surface area contributed by atoms with E-state index in [0.717, 1.165) is 0 Å². The van der Waals surface area contributed by atoms with Gasteiger partial charge in [-0.25, -0.2) is 0 Å². The van der Waals surface area contributed by atoms with Gasteiger partial charge in [0, 0.05) is 18.7 Å². The Morgan fingerprint density at radius 1 is 1.06 bits per heavy atom. The van der Waals surface area contributed by atoms with Crippen LogP contribution >= 0.6 is 69.6 Å². The summed E-state index contributed by atoms with van der Waals surface area (Å²) in [6.45, 7) is 0. The number of carbonyl (C=O) groups is 2. The predicted molar refractivity (Wildman–Crippen MR) is 132 cm³/mol. The van der Waals surface area contributed by atoms with Crippen molar-refractivity contribution in [2.24, 2.45) is 5.92 Å². The summed E-state index contributed by atoms with van der Waals surface area (Å²) in [7, 11) is 1.56. The minimum atomic E-state index is -1.37. The SMILES string of the molecule is CN(C(=O)c1cc(NC(=O)[C@H]2[C@H](c3cc(Cl)c(Cl)c(Cl)c3)C2(Cl)Cl)ccc1Cl)C1(C#N)CC1. The molecular weight excluding hydrogens is 551 g/mol. The maximum atomic E-state index is 13.0. The summed E-state index contributed by atoms with van der Waals surface area (Å²) < 4.78 is -1.37. The number of benzene rings is 2. The van der Waals surface area contributed by atoms with Gasteiger partial charge < -0.3 is 10.2 Å². The Labute approximate surface area is 220 Å². The Balaban J connectivity index is 1.54. The molecule has 2 aliphatic rings. The predicted octanol–water partition coefficient (Wildman–Crippen LogP) is 6.95. The maximum Gasteiger partial charge on any atom is 0.256 e. The van der Waals surface area contributed by atoms with Gasteiger partial charge in [-0.2, -0.15) is 5.26 Å². The molecule has 2 aromatic carbocycles. The van der Waals surface area contributed by atoms with Gasteiger partial charge in [-0.1, -0.05) is 46.4 Å². The first-order chi connectivity index (χ1) is 15.4. The molecule has 1 N–H and O–H groups in total. The van der Waals surface area contributed by atoms with E-state index in [1.165, 1.54) is 17.0 Å². The molecule has 0 aromatic heterocycles. The smallest absolute Gasteiger partial charge is 0.256 e. The molecule has 0 aliphatic heterocycles. The number of anilines is 1. The van der Waals surface area contributed by atoms with Gasteiger partial charge in [-0.3, -0.25) is 9.59 Å². The first-order valence-corrected chi connectivity index (χ1v) is 12.0. The fraction of sp³-hybridized carbons (Fsp3) is 0.318. The fourth-order valence-corrected chi connectivity index (χ4v) is 5.46. The first-order valence-electron chi connectivity index (χ1n) is 9.75. The second kappa shape index (κ2) is 8.68. The van der Waals surface area contributed by atoms with Crippen LogP contribution in [0.5, 0.6) is 0 Å². The van der Waals surface area contributed by atoms with Crippen LogP contribution in [-0.4, -0.2) is 33.6 Å². The van der Waals surface area contributed by atoms with Gasteiger partial charge in [0.15, 0.2) is 0 Å². The quantitative estimate of drug-likeness (QED) is 0.315. The number of halogens is 6. The maximum absolute atomic E-state index is 13.0. The first kappa shape index (κ1) is 24.7. The topological polar surface area (TPSA) is 73.2 Å². The molecule has 0 saturated heterocycles. The zero-order valence-electron chi connectivity index (χ0n) is 16.9. The van der Waals surface area contributed by atoms with Gasteiger partial charge in [0.25, 0.3) is 5.91 Å². The van der Waals surface area contributed by atoms with Gasteiger partial charge in [0.2, 0.25) is 5.91 Å². The van der Waals surface area contributed by atoms with Crippen molar-refractivity contribution in [3.05, 3.63) is 61.5 Å². The fourth-order valence-electron chi connectivity index (χ4n) is 3.82. The highest BCUT2D eigenvalue weighted by Crippen LogP contribution is 2.65. The van der Waals surface area contributed by atoms with E-state index in [1.807, 2.05) is 0 Å². The lowest BCUT2D eigenvalue weighted by Crippen LogP contribution is -2.38. The number of rotatable bonds is 5. The van der Waals surface area contributed by atoms with Gasteiger partial charge in [0.1, 0.15) is 9.87 Å². The average Bonchev–Trinajstić information content (AvgIpc) is 3.66. The summed E-state index contributed by atoms with van der Waals surface area (Å²) in [5.41, 5.74) is 0.285. The molecule has 2 fully saturated rings. The molecular formula is C22H15Cl6N3O2. The van der Waals surface area contributed by atoms with E-state index in [4.69, 9.17) is 69.6 Å². The van der Waals surface area contributed by atoms with Crippen LogP contribution in [0.2, 0.25) is 20.1 Å². The van der Waals surface area contributed by atoms with Crippen LogP contribution < -0.4 is 5.32 Å². The molecule has 0 heterocycles. The van der Waals surface area contributed by atoms with E-state index in [1.54, 1.807) is 25.2 Å². The molecule has 2 aliphatic carbocycles. The second-order valence-corrected chi connectivity index (χ2v) is 11.2. The van der Waals surface area contributed by atoms with Crippen LogP contribution in [0, 0.1) is 17.2 Å². The highest BCUT2D eigenvalue weighted by atomic mass is 35.5.